The Bertz CT molecular complexity index is 697. The van der Waals surface area contributed by atoms with E-state index in [2.05, 4.69) is 9.97 Å². The van der Waals surface area contributed by atoms with Gasteiger partial charge in [-0.1, -0.05) is 0 Å². The molecule has 0 aliphatic carbocycles. The van der Waals surface area contributed by atoms with Gasteiger partial charge in [0.2, 0.25) is 0 Å². The Hall–Kier alpha value is -2.56. The number of phenolic OH excluding ortho intramolecular Hbond substituents is 1. The quantitative estimate of drug-likeness (QED) is 0.444. The molecule has 0 saturated heterocycles. The van der Waals surface area contributed by atoms with Crippen molar-refractivity contribution in [3.63, 3.8) is 0 Å². The molecular formula is C12H10N2O3. The Morgan fingerprint density at radius 1 is 0.941 bits per heavy atom. The van der Waals surface area contributed by atoms with E-state index >= 15 is 0 Å². The fourth-order valence-electron chi connectivity index (χ4n) is 1.97. The monoisotopic (exact) mass is 230 g/mol. The van der Waals surface area contributed by atoms with Gasteiger partial charge in [0.15, 0.2) is 11.8 Å². The number of benzene rings is 1. The molecule has 1 aromatic carbocycles. The summed E-state index contributed by atoms with van der Waals surface area (Å²) >= 11 is 0. The number of aromatic nitrogens is 2. The van der Waals surface area contributed by atoms with Gasteiger partial charge in [0, 0.05) is 34.3 Å². The highest BCUT2D eigenvalue weighted by molar-refractivity contribution is 5.97. The summed E-state index contributed by atoms with van der Waals surface area (Å²) < 4.78 is 0. The van der Waals surface area contributed by atoms with Crippen molar-refractivity contribution in [2.75, 3.05) is 0 Å². The zero-order valence-corrected chi connectivity index (χ0v) is 8.73. The molecule has 0 spiro atoms. The highest BCUT2D eigenvalue weighted by Crippen LogP contribution is 2.37. The summed E-state index contributed by atoms with van der Waals surface area (Å²) in [5, 5.41) is 29.2. The van der Waals surface area contributed by atoms with E-state index in [-0.39, 0.29) is 17.5 Å². The fraction of sp³-hybridized carbons (Fsp3) is 0. The van der Waals surface area contributed by atoms with Crippen molar-refractivity contribution in [1.29, 1.82) is 0 Å². The van der Waals surface area contributed by atoms with E-state index in [1.807, 2.05) is 0 Å². The van der Waals surface area contributed by atoms with Gasteiger partial charge in [-0.15, -0.1) is 0 Å². The fourth-order valence-corrected chi connectivity index (χ4v) is 1.97. The van der Waals surface area contributed by atoms with Gasteiger partial charge in [0.25, 0.3) is 0 Å². The first-order valence-corrected chi connectivity index (χ1v) is 5.06. The first-order chi connectivity index (χ1) is 8.15. The molecule has 0 aliphatic rings. The third kappa shape index (κ3) is 1.40. The Morgan fingerprint density at radius 3 is 2.47 bits per heavy atom. The smallest absolute Gasteiger partial charge is 0.199 e. The van der Waals surface area contributed by atoms with Gasteiger partial charge in [0.1, 0.15) is 5.75 Å². The summed E-state index contributed by atoms with van der Waals surface area (Å²) in [5.74, 6) is -0.0589. The summed E-state index contributed by atoms with van der Waals surface area (Å²) in [6.45, 7) is 0. The average molecular weight is 230 g/mol. The molecule has 86 valence electrons. The van der Waals surface area contributed by atoms with Gasteiger partial charge in [-0.3, -0.25) is 4.98 Å². The predicted molar refractivity (Wildman–Crippen MR) is 63.1 cm³/mol. The largest absolute Gasteiger partial charge is 0.508 e. The van der Waals surface area contributed by atoms with Crippen LogP contribution in [0.5, 0.6) is 17.5 Å². The van der Waals surface area contributed by atoms with E-state index in [1.165, 1.54) is 6.07 Å². The second kappa shape index (κ2) is 3.21. The van der Waals surface area contributed by atoms with Gasteiger partial charge in [0.05, 0.1) is 0 Å². The van der Waals surface area contributed by atoms with Crippen molar-refractivity contribution in [2.45, 2.75) is 0 Å². The molecule has 0 bridgehead atoms. The summed E-state index contributed by atoms with van der Waals surface area (Å²) in [6.07, 6.45) is 1.71. The van der Waals surface area contributed by atoms with Gasteiger partial charge < -0.3 is 20.3 Å². The minimum atomic E-state index is -0.105. The topological polar surface area (TPSA) is 92.3 Å². The molecule has 0 saturated carbocycles. The molecule has 0 amide bonds. The number of phenols is 1. The van der Waals surface area contributed by atoms with Crippen LogP contribution < -0.4 is 0 Å². The molecule has 2 aromatic heterocycles. The van der Waals surface area contributed by atoms with E-state index < -0.39 is 0 Å². The van der Waals surface area contributed by atoms with E-state index in [0.717, 1.165) is 10.9 Å². The van der Waals surface area contributed by atoms with Gasteiger partial charge >= 0.3 is 0 Å². The zero-order chi connectivity index (χ0) is 12.0. The van der Waals surface area contributed by atoms with E-state index in [4.69, 9.17) is 0 Å². The summed E-state index contributed by atoms with van der Waals surface area (Å²) in [4.78, 5) is 5.44. The number of H-pyrrole nitrogens is 2. The number of rotatable bonds is 1. The van der Waals surface area contributed by atoms with Crippen molar-refractivity contribution in [3.8, 4) is 28.6 Å². The third-order valence-corrected chi connectivity index (χ3v) is 2.74. The van der Waals surface area contributed by atoms with Crippen molar-refractivity contribution < 1.29 is 15.3 Å². The minimum absolute atomic E-state index is 0.105. The maximum atomic E-state index is 9.64. The van der Waals surface area contributed by atoms with Crippen LogP contribution in [0.1, 0.15) is 0 Å². The van der Waals surface area contributed by atoms with Gasteiger partial charge in [-0.2, -0.15) is 0 Å². The molecule has 0 fully saturated rings. The number of nitrogens with one attached hydrogen (secondary N) is 2. The lowest BCUT2D eigenvalue weighted by Crippen LogP contribution is -1.73. The molecule has 2 heterocycles. The van der Waals surface area contributed by atoms with Crippen LogP contribution in [0.2, 0.25) is 0 Å². The summed E-state index contributed by atoms with van der Waals surface area (Å²) in [6, 6.07) is 6.36. The third-order valence-electron chi connectivity index (χ3n) is 2.74. The van der Waals surface area contributed by atoms with Crippen LogP contribution in [0, 0.1) is 0 Å². The Labute approximate surface area is 96.0 Å². The zero-order valence-electron chi connectivity index (χ0n) is 8.73. The van der Waals surface area contributed by atoms with Gasteiger partial charge in [-0.05, 0) is 18.2 Å². The molecule has 0 radical (unpaired) electrons. The highest BCUT2D eigenvalue weighted by atomic mass is 16.3. The first kappa shape index (κ1) is 9.65. The molecular weight excluding hydrogens is 220 g/mol. The lowest BCUT2D eigenvalue weighted by Gasteiger charge is -1.97. The second-order valence-electron chi connectivity index (χ2n) is 3.85. The lowest BCUT2D eigenvalue weighted by molar-refractivity contribution is 0.426. The second-order valence-corrected chi connectivity index (χ2v) is 3.85. The molecule has 0 aliphatic heterocycles. The van der Waals surface area contributed by atoms with Crippen LogP contribution in [-0.4, -0.2) is 25.3 Å². The predicted octanol–water partition coefficient (Wildman–Crippen LogP) is 2.28. The van der Waals surface area contributed by atoms with Crippen LogP contribution in [0.15, 0.2) is 30.5 Å². The van der Waals surface area contributed by atoms with E-state index in [0.29, 0.717) is 11.1 Å². The lowest BCUT2D eigenvalue weighted by atomic mass is 10.1. The molecule has 5 heteroatoms. The molecule has 3 aromatic rings. The number of aromatic amines is 2. The van der Waals surface area contributed by atoms with E-state index in [9.17, 15) is 15.3 Å². The number of hydrogen-bond donors (Lipinski definition) is 5. The van der Waals surface area contributed by atoms with Crippen molar-refractivity contribution >= 4 is 10.9 Å². The summed E-state index contributed by atoms with van der Waals surface area (Å²) in [5.41, 5.74) is 2.04. The average Bonchev–Trinajstić information content (AvgIpc) is 2.81. The molecule has 17 heavy (non-hydrogen) atoms. The van der Waals surface area contributed by atoms with Crippen molar-refractivity contribution in [3.05, 3.63) is 30.5 Å². The Morgan fingerprint density at radius 2 is 1.76 bits per heavy atom. The molecule has 0 atom stereocenters. The number of hydrogen-bond acceptors (Lipinski definition) is 3. The maximum absolute atomic E-state index is 9.64. The standard InChI is InChI=1S/C12H10N2O3/c15-6-1-2-10-7(3-6)9(5-13-10)8-4-11(16)14-12(8)17/h1-5,13-17H. The summed E-state index contributed by atoms with van der Waals surface area (Å²) in [7, 11) is 0. The highest BCUT2D eigenvalue weighted by Gasteiger charge is 2.13. The van der Waals surface area contributed by atoms with Crippen molar-refractivity contribution in [1.82, 2.24) is 9.97 Å². The van der Waals surface area contributed by atoms with Crippen LogP contribution >= 0.6 is 0 Å². The molecule has 3 rings (SSSR count). The molecule has 5 nitrogen and oxygen atoms in total. The van der Waals surface area contributed by atoms with Crippen LogP contribution in [0.25, 0.3) is 22.0 Å². The van der Waals surface area contributed by atoms with Gasteiger partial charge in [-0.25, -0.2) is 0 Å². The normalized spacial score (nSPS) is 11.1. The number of fused-ring (bicyclic) bond motifs is 1. The van der Waals surface area contributed by atoms with Crippen LogP contribution in [0.4, 0.5) is 0 Å². The maximum Gasteiger partial charge on any atom is 0.199 e. The van der Waals surface area contributed by atoms with Crippen LogP contribution in [-0.2, 0) is 0 Å². The molecule has 0 unspecified atom stereocenters. The van der Waals surface area contributed by atoms with Crippen molar-refractivity contribution in [2.24, 2.45) is 0 Å². The Balaban J connectivity index is 2.30. The molecule has 5 N–H and O–H groups in total. The number of aromatic hydroxyl groups is 3. The minimum Gasteiger partial charge on any atom is -0.508 e. The van der Waals surface area contributed by atoms with Crippen LogP contribution in [0.3, 0.4) is 0 Å². The SMILES string of the molecule is Oc1ccc2[nH]cc(-c3cc(O)[nH]c3O)c2c1. The van der Waals surface area contributed by atoms with E-state index in [1.54, 1.807) is 24.4 Å². The first-order valence-electron chi connectivity index (χ1n) is 5.06. The Kier molecular flexibility index (Phi) is 1.82.